The first-order valence-corrected chi connectivity index (χ1v) is 8.72. The van der Waals surface area contributed by atoms with Gasteiger partial charge in [0.15, 0.2) is 0 Å². The van der Waals surface area contributed by atoms with Crippen LogP contribution < -0.4 is 10.0 Å². The van der Waals surface area contributed by atoms with Crippen molar-refractivity contribution < 1.29 is 13.2 Å². The summed E-state index contributed by atoms with van der Waals surface area (Å²) in [6.07, 6.45) is 5.84. The van der Waals surface area contributed by atoms with Crippen molar-refractivity contribution in [2.24, 2.45) is 0 Å². The van der Waals surface area contributed by atoms with E-state index in [1.165, 1.54) is 0 Å². The van der Waals surface area contributed by atoms with Crippen molar-refractivity contribution in [1.82, 2.24) is 0 Å². The minimum Gasteiger partial charge on any atom is -0.382 e. The number of anilines is 2. The summed E-state index contributed by atoms with van der Waals surface area (Å²) in [6.45, 7) is 0. The molecule has 2 unspecified atom stereocenters. The van der Waals surface area contributed by atoms with Gasteiger partial charge in [-0.3, -0.25) is 4.72 Å². The monoisotopic (exact) mass is 298 g/mol. The number of sulfonamides is 1. The Balaban J connectivity index is 2.00. The van der Waals surface area contributed by atoms with Gasteiger partial charge < -0.3 is 10.1 Å². The molecule has 0 saturated heterocycles. The van der Waals surface area contributed by atoms with Gasteiger partial charge >= 0.3 is 0 Å². The zero-order valence-corrected chi connectivity index (χ0v) is 12.7. The molecule has 1 fully saturated rings. The molecule has 112 valence electrons. The summed E-state index contributed by atoms with van der Waals surface area (Å²) in [7, 11) is -1.48. The van der Waals surface area contributed by atoms with Gasteiger partial charge in [0.25, 0.3) is 0 Å². The second-order valence-corrected chi connectivity index (χ2v) is 7.07. The summed E-state index contributed by atoms with van der Waals surface area (Å²) < 4.78 is 30.4. The van der Waals surface area contributed by atoms with Gasteiger partial charge in [0.05, 0.1) is 18.0 Å². The maximum atomic E-state index is 11.2. The second-order valence-electron chi connectivity index (χ2n) is 5.32. The van der Waals surface area contributed by atoms with Crippen LogP contribution in [0.25, 0.3) is 0 Å². The molecule has 2 rings (SSSR count). The van der Waals surface area contributed by atoms with Crippen LogP contribution in [0.4, 0.5) is 11.4 Å². The van der Waals surface area contributed by atoms with E-state index in [9.17, 15) is 8.42 Å². The van der Waals surface area contributed by atoms with Crippen LogP contribution in [0.15, 0.2) is 24.3 Å². The lowest BCUT2D eigenvalue weighted by Crippen LogP contribution is -2.31. The van der Waals surface area contributed by atoms with Crippen LogP contribution in [-0.4, -0.2) is 33.9 Å². The predicted octanol–water partition coefficient (Wildman–Crippen LogP) is 2.43. The largest absolute Gasteiger partial charge is 0.382 e. The predicted molar refractivity (Wildman–Crippen MR) is 81.6 cm³/mol. The fourth-order valence-electron chi connectivity index (χ4n) is 2.61. The molecule has 0 heterocycles. The molecule has 1 aliphatic rings. The number of hydrogen-bond donors (Lipinski definition) is 2. The molecular formula is C14H22N2O3S. The van der Waals surface area contributed by atoms with Crippen LogP contribution in [-0.2, 0) is 14.8 Å². The van der Waals surface area contributed by atoms with E-state index < -0.39 is 10.0 Å². The molecule has 1 saturated carbocycles. The van der Waals surface area contributed by atoms with Crippen LogP contribution in [0.5, 0.6) is 0 Å². The molecule has 0 bridgehead atoms. The van der Waals surface area contributed by atoms with Crippen LogP contribution in [0, 0.1) is 0 Å². The smallest absolute Gasteiger partial charge is 0.229 e. The highest BCUT2D eigenvalue weighted by atomic mass is 32.2. The molecule has 1 aromatic rings. The number of nitrogens with one attached hydrogen (secondary N) is 2. The highest BCUT2D eigenvalue weighted by Crippen LogP contribution is 2.25. The summed E-state index contributed by atoms with van der Waals surface area (Å²) >= 11 is 0. The topological polar surface area (TPSA) is 67.4 Å². The Kier molecular flexibility index (Phi) is 4.88. The molecule has 0 spiro atoms. The maximum Gasteiger partial charge on any atom is 0.229 e. The van der Waals surface area contributed by atoms with Crippen molar-refractivity contribution >= 4 is 21.4 Å². The van der Waals surface area contributed by atoms with E-state index in [4.69, 9.17) is 4.74 Å². The van der Waals surface area contributed by atoms with Crippen LogP contribution >= 0.6 is 0 Å². The summed E-state index contributed by atoms with van der Waals surface area (Å²) in [6, 6.07) is 7.72. The molecule has 6 heteroatoms. The number of benzene rings is 1. The van der Waals surface area contributed by atoms with Crippen molar-refractivity contribution in [3.8, 4) is 0 Å². The van der Waals surface area contributed by atoms with Gasteiger partial charge in [0.2, 0.25) is 10.0 Å². The first-order valence-electron chi connectivity index (χ1n) is 6.83. The van der Waals surface area contributed by atoms with Gasteiger partial charge in [-0.25, -0.2) is 8.42 Å². The van der Waals surface area contributed by atoms with Crippen molar-refractivity contribution in [3.05, 3.63) is 24.3 Å². The minimum absolute atomic E-state index is 0.318. The van der Waals surface area contributed by atoms with Crippen LogP contribution in [0.1, 0.15) is 25.7 Å². The van der Waals surface area contributed by atoms with Crippen molar-refractivity contribution in [3.63, 3.8) is 0 Å². The lowest BCUT2D eigenvalue weighted by molar-refractivity contribution is 0.0669. The van der Waals surface area contributed by atoms with Gasteiger partial charge in [-0.05, 0) is 43.9 Å². The SMILES string of the molecule is COC1CCCC(Nc2cccc(NS(C)(=O)=O)c2)C1. The van der Waals surface area contributed by atoms with Crippen LogP contribution in [0.3, 0.4) is 0 Å². The van der Waals surface area contributed by atoms with Crippen LogP contribution in [0.2, 0.25) is 0 Å². The normalized spacial score (nSPS) is 23.3. The van der Waals surface area contributed by atoms with Gasteiger partial charge in [0.1, 0.15) is 0 Å². The minimum atomic E-state index is -3.24. The van der Waals surface area contributed by atoms with E-state index in [0.717, 1.165) is 37.6 Å². The third-order valence-electron chi connectivity index (χ3n) is 3.50. The summed E-state index contributed by atoms with van der Waals surface area (Å²) in [4.78, 5) is 0. The summed E-state index contributed by atoms with van der Waals surface area (Å²) in [5.74, 6) is 0. The molecular weight excluding hydrogens is 276 g/mol. The zero-order chi connectivity index (χ0) is 14.6. The molecule has 0 aliphatic heterocycles. The van der Waals surface area contributed by atoms with E-state index in [-0.39, 0.29) is 0 Å². The third kappa shape index (κ3) is 4.68. The number of rotatable bonds is 5. The highest BCUT2D eigenvalue weighted by Gasteiger charge is 2.21. The van der Waals surface area contributed by atoms with E-state index >= 15 is 0 Å². The van der Waals surface area contributed by atoms with Gasteiger partial charge in [-0.1, -0.05) is 6.07 Å². The zero-order valence-electron chi connectivity index (χ0n) is 11.9. The van der Waals surface area contributed by atoms with Gasteiger partial charge in [-0.15, -0.1) is 0 Å². The van der Waals surface area contributed by atoms with E-state index in [2.05, 4.69) is 10.0 Å². The molecule has 1 aliphatic carbocycles. The molecule has 5 nitrogen and oxygen atoms in total. The first kappa shape index (κ1) is 15.1. The number of methoxy groups -OCH3 is 1. The molecule has 0 radical (unpaired) electrons. The Labute approximate surface area is 120 Å². The Hall–Kier alpha value is -1.27. The molecule has 20 heavy (non-hydrogen) atoms. The number of ether oxygens (including phenoxy) is 1. The Morgan fingerprint density at radius 1 is 1.25 bits per heavy atom. The van der Waals surface area contributed by atoms with Crippen molar-refractivity contribution in [2.45, 2.75) is 37.8 Å². The summed E-state index contributed by atoms with van der Waals surface area (Å²) in [5.41, 5.74) is 1.51. The molecule has 2 atom stereocenters. The number of hydrogen-bond acceptors (Lipinski definition) is 4. The van der Waals surface area contributed by atoms with Crippen molar-refractivity contribution in [2.75, 3.05) is 23.4 Å². The fourth-order valence-corrected chi connectivity index (χ4v) is 3.17. The van der Waals surface area contributed by atoms with Gasteiger partial charge in [0, 0.05) is 18.8 Å². The molecule has 0 amide bonds. The fraction of sp³-hybridized carbons (Fsp3) is 0.571. The standard InChI is InChI=1S/C14H22N2O3S/c1-19-14-8-4-6-12(10-14)15-11-5-3-7-13(9-11)16-20(2,17)18/h3,5,7,9,12,14-16H,4,6,8,10H2,1-2H3. The molecule has 0 aromatic heterocycles. The Morgan fingerprint density at radius 2 is 2.00 bits per heavy atom. The van der Waals surface area contributed by atoms with E-state index in [0.29, 0.717) is 17.8 Å². The lowest BCUT2D eigenvalue weighted by Gasteiger charge is -2.29. The Bertz CT molecular complexity index is 545. The second kappa shape index (κ2) is 6.45. The average molecular weight is 298 g/mol. The quantitative estimate of drug-likeness (QED) is 0.876. The summed E-state index contributed by atoms with van der Waals surface area (Å²) in [5, 5.41) is 3.46. The van der Waals surface area contributed by atoms with E-state index in [1.807, 2.05) is 18.2 Å². The van der Waals surface area contributed by atoms with Gasteiger partial charge in [-0.2, -0.15) is 0 Å². The average Bonchev–Trinajstić information content (AvgIpc) is 2.37. The Morgan fingerprint density at radius 3 is 2.70 bits per heavy atom. The van der Waals surface area contributed by atoms with Crippen molar-refractivity contribution in [1.29, 1.82) is 0 Å². The molecule has 2 N–H and O–H groups in total. The maximum absolute atomic E-state index is 11.2. The third-order valence-corrected chi connectivity index (χ3v) is 4.10. The molecule has 1 aromatic carbocycles. The first-order chi connectivity index (χ1) is 9.46. The van der Waals surface area contributed by atoms with E-state index in [1.54, 1.807) is 13.2 Å². The lowest BCUT2D eigenvalue weighted by atomic mass is 9.92. The highest BCUT2D eigenvalue weighted by molar-refractivity contribution is 7.92.